The number of anilines is 1. The predicted octanol–water partition coefficient (Wildman–Crippen LogP) is 5.36. The summed E-state index contributed by atoms with van der Waals surface area (Å²) in [6.45, 7) is 6.64. The van der Waals surface area contributed by atoms with E-state index in [4.69, 9.17) is 19.2 Å². The summed E-state index contributed by atoms with van der Waals surface area (Å²) in [6.07, 6.45) is 0. The molecule has 2 heterocycles. The minimum Gasteiger partial charge on any atom is -0.497 e. The molecule has 176 valence electrons. The molecule has 0 unspecified atom stereocenters. The van der Waals surface area contributed by atoms with Gasteiger partial charge in [-0.05, 0) is 63.2 Å². The zero-order valence-corrected chi connectivity index (χ0v) is 20.3. The first-order chi connectivity index (χ1) is 16.5. The summed E-state index contributed by atoms with van der Waals surface area (Å²) in [5.41, 5.74) is 3.00. The molecule has 8 nitrogen and oxygen atoms in total. The van der Waals surface area contributed by atoms with E-state index < -0.39 is 0 Å². The van der Waals surface area contributed by atoms with Gasteiger partial charge in [-0.2, -0.15) is 9.78 Å². The van der Waals surface area contributed by atoms with Crippen molar-refractivity contribution in [2.75, 3.05) is 25.6 Å². The Bertz CT molecular complexity index is 1280. The third kappa shape index (κ3) is 5.04. The highest BCUT2D eigenvalue weighted by molar-refractivity contribution is 7.12. The molecule has 0 aliphatic heterocycles. The third-order valence-corrected chi connectivity index (χ3v) is 5.75. The van der Waals surface area contributed by atoms with Crippen molar-refractivity contribution in [2.45, 2.75) is 20.8 Å². The quantitative estimate of drug-likeness (QED) is 0.348. The number of rotatable bonds is 9. The van der Waals surface area contributed by atoms with Crippen molar-refractivity contribution in [3.05, 3.63) is 65.2 Å². The molecule has 0 saturated heterocycles. The third-order valence-electron chi connectivity index (χ3n) is 4.94. The van der Waals surface area contributed by atoms with E-state index in [0.29, 0.717) is 41.2 Å². The summed E-state index contributed by atoms with van der Waals surface area (Å²) in [5.74, 6) is 2.18. The van der Waals surface area contributed by atoms with Crippen LogP contribution in [0.5, 0.6) is 17.2 Å². The van der Waals surface area contributed by atoms with E-state index in [-0.39, 0.29) is 5.91 Å². The van der Waals surface area contributed by atoms with E-state index >= 15 is 0 Å². The lowest BCUT2D eigenvalue weighted by Gasteiger charge is -2.12. The molecule has 4 aromatic rings. The number of hydrogen-bond donors (Lipinski definition) is 1. The Morgan fingerprint density at radius 1 is 1.03 bits per heavy atom. The van der Waals surface area contributed by atoms with Crippen molar-refractivity contribution < 1.29 is 19.0 Å². The number of carbonyl (C=O) groups is 1. The normalized spacial score (nSPS) is 10.7. The fraction of sp³-hybridized carbons (Fsp3) is 0.240. The van der Waals surface area contributed by atoms with E-state index in [1.165, 1.54) is 11.3 Å². The molecule has 0 bridgehead atoms. The first-order valence-corrected chi connectivity index (χ1v) is 11.8. The maximum Gasteiger partial charge on any atom is 0.256 e. The van der Waals surface area contributed by atoms with Gasteiger partial charge in [-0.1, -0.05) is 0 Å². The van der Waals surface area contributed by atoms with Gasteiger partial charge in [0.15, 0.2) is 11.5 Å². The SMILES string of the molecule is CCOc1ccc(C(=O)Nc2cc(C)nn2-c2nc(-c3ccc(OC)cc3)cs2)cc1OCC. The fourth-order valence-electron chi connectivity index (χ4n) is 3.37. The van der Waals surface area contributed by atoms with Crippen molar-refractivity contribution in [3.63, 3.8) is 0 Å². The minimum atomic E-state index is -0.280. The molecule has 0 aliphatic rings. The molecule has 0 saturated carbocycles. The Hall–Kier alpha value is -3.85. The van der Waals surface area contributed by atoms with Gasteiger partial charge in [0.1, 0.15) is 11.6 Å². The molecule has 1 amide bonds. The average Bonchev–Trinajstić information content (AvgIpc) is 3.47. The largest absolute Gasteiger partial charge is 0.497 e. The van der Waals surface area contributed by atoms with Crippen LogP contribution in [0.1, 0.15) is 29.9 Å². The van der Waals surface area contributed by atoms with E-state index in [9.17, 15) is 4.79 Å². The first kappa shape index (κ1) is 23.3. The topological polar surface area (TPSA) is 87.5 Å². The number of benzene rings is 2. The molecule has 2 aromatic heterocycles. The van der Waals surface area contributed by atoms with Crippen LogP contribution in [0.2, 0.25) is 0 Å². The lowest BCUT2D eigenvalue weighted by Crippen LogP contribution is -2.15. The monoisotopic (exact) mass is 478 g/mol. The average molecular weight is 479 g/mol. The van der Waals surface area contributed by atoms with Crippen LogP contribution in [0.3, 0.4) is 0 Å². The molecule has 34 heavy (non-hydrogen) atoms. The first-order valence-electron chi connectivity index (χ1n) is 10.9. The highest BCUT2D eigenvalue weighted by atomic mass is 32.1. The van der Waals surface area contributed by atoms with Crippen LogP contribution in [0.15, 0.2) is 53.9 Å². The molecule has 4 rings (SSSR count). The Morgan fingerprint density at radius 3 is 2.47 bits per heavy atom. The summed E-state index contributed by atoms with van der Waals surface area (Å²) in [7, 11) is 1.64. The maximum atomic E-state index is 13.0. The van der Waals surface area contributed by atoms with Crippen LogP contribution in [-0.4, -0.2) is 41.0 Å². The van der Waals surface area contributed by atoms with Crippen molar-refractivity contribution in [1.29, 1.82) is 0 Å². The molecule has 0 radical (unpaired) electrons. The Morgan fingerprint density at radius 2 is 1.76 bits per heavy atom. The van der Waals surface area contributed by atoms with Gasteiger partial charge in [0, 0.05) is 22.6 Å². The number of carbonyl (C=O) groups excluding carboxylic acids is 1. The second kappa shape index (κ2) is 10.4. The molecule has 0 spiro atoms. The Labute approximate surface area is 202 Å². The number of aryl methyl sites for hydroxylation is 1. The second-order valence-electron chi connectivity index (χ2n) is 7.31. The van der Waals surface area contributed by atoms with Gasteiger partial charge < -0.3 is 19.5 Å². The van der Waals surface area contributed by atoms with Crippen molar-refractivity contribution in [3.8, 4) is 33.6 Å². The fourth-order valence-corrected chi connectivity index (χ4v) is 4.17. The summed E-state index contributed by atoms with van der Waals surface area (Å²) >= 11 is 1.44. The zero-order valence-electron chi connectivity index (χ0n) is 19.5. The maximum absolute atomic E-state index is 13.0. The summed E-state index contributed by atoms with van der Waals surface area (Å²) in [5, 5.41) is 10.1. The van der Waals surface area contributed by atoms with Gasteiger partial charge in [-0.25, -0.2) is 4.98 Å². The minimum absolute atomic E-state index is 0.280. The number of nitrogens with one attached hydrogen (secondary N) is 1. The molecule has 9 heteroatoms. The molecule has 0 atom stereocenters. The van der Waals surface area contributed by atoms with Crippen molar-refractivity contribution in [2.24, 2.45) is 0 Å². The van der Waals surface area contributed by atoms with Crippen LogP contribution in [0.25, 0.3) is 16.4 Å². The summed E-state index contributed by atoms with van der Waals surface area (Å²) in [4.78, 5) is 17.8. The van der Waals surface area contributed by atoms with Crippen molar-refractivity contribution >= 4 is 23.1 Å². The number of ether oxygens (including phenoxy) is 3. The van der Waals surface area contributed by atoms with E-state index in [1.807, 2.05) is 56.5 Å². The Balaban J connectivity index is 1.58. The van der Waals surface area contributed by atoms with Gasteiger partial charge in [-0.15, -0.1) is 11.3 Å². The van der Waals surface area contributed by atoms with Gasteiger partial charge in [0.05, 0.1) is 31.7 Å². The van der Waals surface area contributed by atoms with Gasteiger partial charge in [0.2, 0.25) is 5.13 Å². The van der Waals surface area contributed by atoms with Crippen LogP contribution in [0.4, 0.5) is 5.82 Å². The number of nitrogens with zero attached hydrogens (tertiary/aromatic N) is 3. The van der Waals surface area contributed by atoms with Crippen LogP contribution in [-0.2, 0) is 0 Å². The molecule has 0 fully saturated rings. The van der Waals surface area contributed by atoms with Crippen LogP contribution < -0.4 is 19.5 Å². The van der Waals surface area contributed by atoms with Gasteiger partial charge in [0.25, 0.3) is 5.91 Å². The number of aromatic nitrogens is 3. The molecule has 0 aliphatic carbocycles. The lowest BCUT2D eigenvalue weighted by atomic mass is 10.2. The summed E-state index contributed by atoms with van der Waals surface area (Å²) < 4.78 is 18.1. The lowest BCUT2D eigenvalue weighted by molar-refractivity contribution is 0.102. The van der Waals surface area contributed by atoms with Crippen LogP contribution in [0, 0.1) is 6.92 Å². The van der Waals surface area contributed by atoms with E-state index in [0.717, 1.165) is 22.7 Å². The van der Waals surface area contributed by atoms with E-state index in [1.54, 1.807) is 30.0 Å². The number of hydrogen-bond acceptors (Lipinski definition) is 7. The van der Waals surface area contributed by atoms with Gasteiger partial charge >= 0.3 is 0 Å². The zero-order chi connectivity index (χ0) is 24.1. The van der Waals surface area contributed by atoms with Crippen molar-refractivity contribution in [1.82, 2.24) is 14.8 Å². The molecular weight excluding hydrogens is 452 g/mol. The van der Waals surface area contributed by atoms with Crippen LogP contribution >= 0.6 is 11.3 Å². The number of thiazole rings is 1. The predicted molar refractivity (Wildman–Crippen MR) is 133 cm³/mol. The number of methoxy groups -OCH3 is 1. The summed E-state index contributed by atoms with van der Waals surface area (Å²) in [6, 6.07) is 14.6. The highest BCUT2D eigenvalue weighted by Gasteiger charge is 2.17. The molecule has 1 N–H and O–H groups in total. The van der Waals surface area contributed by atoms with E-state index in [2.05, 4.69) is 10.4 Å². The molecule has 2 aromatic carbocycles. The Kier molecular flexibility index (Phi) is 7.12. The smallest absolute Gasteiger partial charge is 0.256 e. The second-order valence-corrected chi connectivity index (χ2v) is 8.14. The standard InChI is InChI=1S/C25H26N4O4S/c1-5-32-21-12-9-18(14-22(21)33-6-2)24(30)27-23-13-16(3)28-29(23)25-26-20(15-34-25)17-7-10-19(31-4)11-8-17/h7-15H,5-6H2,1-4H3,(H,27,30). The highest BCUT2D eigenvalue weighted by Crippen LogP contribution is 2.30. The molecular formula is C25H26N4O4S. The van der Waals surface area contributed by atoms with Gasteiger partial charge in [-0.3, -0.25) is 4.79 Å². The number of amides is 1.